The summed E-state index contributed by atoms with van der Waals surface area (Å²) in [6.07, 6.45) is 5.68. The van der Waals surface area contributed by atoms with Crippen molar-refractivity contribution in [2.75, 3.05) is 7.11 Å². The van der Waals surface area contributed by atoms with Crippen LogP contribution in [0, 0.1) is 0 Å². The van der Waals surface area contributed by atoms with Gasteiger partial charge >= 0.3 is 5.97 Å². The van der Waals surface area contributed by atoms with E-state index in [0.717, 1.165) is 22.4 Å². The Bertz CT molecular complexity index is 1690. The third kappa shape index (κ3) is 4.71. The van der Waals surface area contributed by atoms with Crippen molar-refractivity contribution in [3.63, 3.8) is 0 Å². The third-order valence-corrected chi connectivity index (χ3v) is 6.47. The highest BCUT2D eigenvalue weighted by Crippen LogP contribution is 2.35. The number of hydrogen-bond donors (Lipinski definition) is 2. The molecule has 2 N–H and O–H groups in total. The highest BCUT2D eigenvalue weighted by atomic mass is 16.5. The zero-order valence-electron chi connectivity index (χ0n) is 20.8. The number of nitrogens with zero attached hydrogens (tertiary/aromatic N) is 4. The number of carbonyl (C=O) groups is 2. The van der Waals surface area contributed by atoms with Gasteiger partial charge in [-0.1, -0.05) is 36.4 Å². The number of nitrogens with one attached hydrogen (secondary N) is 2. The van der Waals surface area contributed by atoms with Crippen LogP contribution in [0.3, 0.4) is 0 Å². The molecule has 1 amide bonds. The summed E-state index contributed by atoms with van der Waals surface area (Å²) in [4.78, 5) is 29.1. The van der Waals surface area contributed by atoms with E-state index in [4.69, 9.17) is 9.15 Å². The Kier molecular flexibility index (Phi) is 6.26. The Morgan fingerprint density at radius 3 is 2.64 bits per heavy atom. The summed E-state index contributed by atoms with van der Waals surface area (Å²) in [6.45, 7) is 0. The lowest BCUT2D eigenvalue weighted by Crippen LogP contribution is -2.35. The number of hydrogen-bond acceptors (Lipinski definition) is 8. The number of rotatable bonds is 6. The number of fused-ring (bicyclic) bond motifs is 1. The van der Waals surface area contributed by atoms with Crippen molar-refractivity contribution in [1.29, 1.82) is 0 Å². The van der Waals surface area contributed by atoms with Crippen molar-refractivity contribution in [1.82, 2.24) is 30.7 Å². The van der Waals surface area contributed by atoms with Gasteiger partial charge in [-0.15, -0.1) is 10.2 Å². The fourth-order valence-electron chi connectivity index (χ4n) is 4.58. The first-order valence-electron chi connectivity index (χ1n) is 12.2. The van der Waals surface area contributed by atoms with Gasteiger partial charge < -0.3 is 14.5 Å². The average molecular weight is 519 g/mol. The Hall–Kier alpha value is -5.38. The number of amides is 1. The fraction of sp³-hybridized carbons (Fsp3) is 0.103. The van der Waals surface area contributed by atoms with Crippen molar-refractivity contribution < 1.29 is 18.7 Å². The van der Waals surface area contributed by atoms with E-state index in [2.05, 4.69) is 30.7 Å². The normalized spacial score (nSPS) is 14.7. The van der Waals surface area contributed by atoms with E-state index in [9.17, 15) is 9.59 Å². The van der Waals surface area contributed by atoms with Crippen LogP contribution in [-0.2, 0) is 11.2 Å². The minimum atomic E-state index is -0.426. The summed E-state index contributed by atoms with van der Waals surface area (Å²) in [6, 6.07) is 19.7. The standard InChI is InChI=1S/C29H22N6O4/c1-38-29(37)18-11-9-17(10-12-18)25-21(13-14-24-33-35-28(39-24)22-8-4-5-15-30-22)32-34-26(25)23-16-19-6-2-3-7-20(19)27(36)31-23/h2-15,23H,16H2,1H3,(H,31,36)(H,32,34)/b14-13+. The quantitative estimate of drug-likeness (QED) is 0.314. The molecule has 0 spiro atoms. The fourth-order valence-corrected chi connectivity index (χ4v) is 4.58. The third-order valence-electron chi connectivity index (χ3n) is 6.47. The van der Waals surface area contributed by atoms with Crippen LogP contribution in [0.2, 0.25) is 0 Å². The lowest BCUT2D eigenvalue weighted by Gasteiger charge is -2.25. The molecule has 0 fully saturated rings. The van der Waals surface area contributed by atoms with Gasteiger partial charge in [0.2, 0.25) is 5.89 Å². The van der Waals surface area contributed by atoms with Gasteiger partial charge in [0, 0.05) is 23.4 Å². The molecule has 1 aliphatic heterocycles. The van der Waals surface area contributed by atoms with Gasteiger partial charge in [0.05, 0.1) is 30.1 Å². The van der Waals surface area contributed by atoms with Gasteiger partial charge in [-0.2, -0.15) is 5.10 Å². The van der Waals surface area contributed by atoms with E-state index in [-0.39, 0.29) is 17.8 Å². The lowest BCUT2D eigenvalue weighted by atomic mass is 9.90. The zero-order chi connectivity index (χ0) is 26.8. The Morgan fingerprint density at radius 1 is 1.03 bits per heavy atom. The molecule has 1 atom stereocenters. The maximum absolute atomic E-state index is 12.9. The maximum Gasteiger partial charge on any atom is 0.337 e. The van der Waals surface area contributed by atoms with Crippen LogP contribution in [0.1, 0.15) is 49.6 Å². The lowest BCUT2D eigenvalue weighted by molar-refractivity contribution is 0.0600. The minimum absolute atomic E-state index is 0.145. The van der Waals surface area contributed by atoms with Crippen LogP contribution < -0.4 is 5.32 Å². The van der Waals surface area contributed by atoms with Crippen LogP contribution >= 0.6 is 0 Å². The molecule has 192 valence electrons. The highest BCUT2D eigenvalue weighted by Gasteiger charge is 2.29. The van der Waals surface area contributed by atoms with Gasteiger partial charge in [-0.3, -0.25) is 14.9 Å². The van der Waals surface area contributed by atoms with Gasteiger partial charge in [0.15, 0.2) is 0 Å². The molecular weight excluding hydrogens is 496 g/mol. The largest absolute Gasteiger partial charge is 0.465 e. The summed E-state index contributed by atoms with van der Waals surface area (Å²) in [5.74, 6) is 0.0195. The van der Waals surface area contributed by atoms with Gasteiger partial charge in [0.1, 0.15) is 5.69 Å². The van der Waals surface area contributed by atoms with Crippen LogP contribution in [0.15, 0.2) is 77.3 Å². The van der Waals surface area contributed by atoms with Crippen molar-refractivity contribution in [2.45, 2.75) is 12.5 Å². The smallest absolute Gasteiger partial charge is 0.337 e. The first kappa shape index (κ1) is 24.0. The van der Waals surface area contributed by atoms with Crippen LogP contribution in [-0.4, -0.2) is 44.4 Å². The van der Waals surface area contributed by atoms with E-state index in [1.54, 1.807) is 36.5 Å². The first-order valence-corrected chi connectivity index (χ1v) is 12.2. The second-order valence-corrected chi connectivity index (χ2v) is 8.85. The molecule has 0 radical (unpaired) electrons. The Balaban J connectivity index is 1.37. The number of aromatic nitrogens is 5. The number of methoxy groups -OCH3 is 1. The van der Waals surface area contributed by atoms with E-state index < -0.39 is 5.97 Å². The van der Waals surface area contributed by atoms with Crippen LogP contribution in [0.5, 0.6) is 0 Å². The molecule has 2 aromatic carbocycles. The molecule has 0 bridgehead atoms. The second-order valence-electron chi connectivity index (χ2n) is 8.85. The molecule has 10 nitrogen and oxygen atoms in total. The molecule has 0 saturated heterocycles. The molecule has 6 rings (SSSR count). The van der Waals surface area contributed by atoms with Gasteiger partial charge in [-0.25, -0.2) is 4.79 Å². The molecule has 0 aliphatic carbocycles. The maximum atomic E-state index is 12.9. The SMILES string of the molecule is COC(=O)c1ccc(-c2c(/C=C/c3nnc(-c4ccccn4)o3)n[nH]c2C2Cc3ccccc3C(=O)N2)cc1. The van der Waals surface area contributed by atoms with E-state index in [1.807, 2.05) is 48.5 Å². The Labute approximate surface area is 222 Å². The van der Waals surface area contributed by atoms with Crippen molar-refractivity contribution in [3.05, 3.63) is 107 Å². The summed E-state index contributed by atoms with van der Waals surface area (Å²) >= 11 is 0. The van der Waals surface area contributed by atoms with Crippen LogP contribution in [0.25, 0.3) is 34.9 Å². The molecule has 39 heavy (non-hydrogen) atoms. The molecular formula is C29H22N6O4. The van der Waals surface area contributed by atoms with Crippen LogP contribution in [0.4, 0.5) is 0 Å². The molecule has 1 aliphatic rings. The molecule has 3 aromatic heterocycles. The summed E-state index contributed by atoms with van der Waals surface area (Å²) in [5.41, 5.74) is 5.54. The summed E-state index contributed by atoms with van der Waals surface area (Å²) < 4.78 is 10.6. The Morgan fingerprint density at radius 2 is 1.85 bits per heavy atom. The molecule has 0 saturated carbocycles. The number of aromatic amines is 1. The molecule has 5 aromatic rings. The van der Waals surface area contributed by atoms with Crippen molar-refractivity contribution >= 4 is 24.0 Å². The summed E-state index contributed by atoms with van der Waals surface area (Å²) in [5, 5.41) is 18.9. The van der Waals surface area contributed by atoms with E-state index in [0.29, 0.717) is 34.8 Å². The number of pyridine rings is 1. The van der Waals surface area contributed by atoms with Gasteiger partial charge in [0.25, 0.3) is 11.8 Å². The molecule has 10 heteroatoms. The van der Waals surface area contributed by atoms with Crippen molar-refractivity contribution in [2.24, 2.45) is 0 Å². The minimum Gasteiger partial charge on any atom is -0.465 e. The molecule has 1 unspecified atom stereocenters. The predicted octanol–water partition coefficient (Wildman–Crippen LogP) is 4.51. The second kappa shape index (κ2) is 10.2. The average Bonchev–Trinajstić information content (AvgIpc) is 3.64. The van der Waals surface area contributed by atoms with Crippen molar-refractivity contribution in [3.8, 4) is 22.7 Å². The highest BCUT2D eigenvalue weighted by molar-refractivity contribution is 5.97. The van der Waals surface area contributed by atoms with Gasteiger partial charge in [-0.05, 0) is 54.0 Å². The predicted molar refractivity (Wildman–Crippen MR) is 142 cm³/mol. The van der Waals surface area contributed by atoms with E-state index >= 15 is 0 Å². The molecule has 4 heterocycles. The topological polar surface area (TPSA) is 136 Å². The zero-order valence-corrected chi connectivity index (χ0v) is 20.8. The number of carbonyl (C=O) groups excluding carboxylic acids is 2. The number of H-pyrrole nitrogens is 1. The monoisotopic (exact) mass is 518 g/mol. The number of ether oxygens (including phenoxy) is 1. The van der Waals surface area contributed by atoms with E-state index in [1.165, 1.54) is 7.11 Å². The first-order chi connectivity index (χ1) is 19.1. The number of benzene rings is 2. The summed E-state index contributed by atoms with van der Waals surface area (Å²) in [7, 11) is 1.34. The number of esters is 1.